The maximum absolute atomic E-state index is 11.4. The van der Waals surface area contributed by atoms with Crippen molar-refractivity contribution < 1.29 is 9.59 Å². The molecular formula is C10H17N5O2. The van der Waals surface area contributed by atoms with E-state index in [0.29, 0.717) is 6.54 Å². The van der Waals surface area contributed by atoms with Gasteiger partial charge in [0.15, 0.2) is 0 Å². The number of aromatic nitrogens is 2. The van der Waals surface area contributed by atoms with Crippen LogP contribution in [0.5, 0.6) is 0 Å². The van der Waals surface area contributed by atoms with Gasteiger partial charge in [-0.25, -0.2) is 4.79 Å². The lowest BCUT2D eigenvalue weighted by Crippen LogP contribution is -2.42. The summed E-state index contributed by atoms with van der Waals surface area (Å²) in [5.74, 6) is -0.337. The molecule has 1 aromatic heterocycles. The van der Waals surface area contributed by atoms with Gasteiger partial charge in [0.2, 0.25) is 5.91 Å². The van der Waals surface area contributed by atoms with Crippen molar-refractivity contribution in [2.24, 2.45) is 7.05 Å². The van der Waals surface area contributed by atoms with Crippen molar-refractivity contribution in [3.05, 3.63) is 18.0 Å². The lowest BCUT2D eigenvalue weighted by molar-refractivity contribution is -0.120. The lowest BCUT2D eigenvalue weighted by Gasteiger charge is -2.14. The maximum Gasteiger partial charge on any atom is 0.321 e. The largest absolute Gasteiger partial charge is 0.341 e. The van der Waals surface area contributed by atoms with Gasteiger partial charge in [-0.15, -0.1) is 0 Å². The zero-order valence-corrected chi connectivity index (χ0v) is 10.2. The van der Waals surface area contributed by atoms with Gasteiger partial charge in [0.25, 0.3) is 0 Å². The third-order valence-electron chi connectivity index (χ3n) is 2.10. The Balaban J connectivity index is 2.36. The molecule has 0 saturated heterocycles. The SMILES string of the molecule is CNC(=O)NC(=O)CN(C)Cc1cnn(C)c1. The van der Waals surface area contributed by atoms with Crippen LogP contribution >= 0.6 is 0 Å². The highest BCUT2D eigenvalue weighted by Gasteiger charge is 2.10. The molecule has 7 nitrogen and oxygen atoms in total. The summed E-state index contributed by atoms with van der Waals surface area (Å²) in [5.41, 5.74) is 1.02. The Hall–Kier alpha value is -1.89. The monoisotopic (exact) mass is 239 g/mol. The molecule has 0 aliphatic carbocycles. The van der Waals surface area contributed by atoms with E-state index in [1.54, 1.807) is 22.8 Å². The predicted octanol–water partition coefficient (Wildman–Crippen LogP) is -0.692. The molecule has 3 amide bonds. The number of likely N-dealkylation sites (N-methyl/N-ethyl adjacent to an activating group) is 1. The minimum atomic E-state index is -0.496. The number of hydrogen-bond acceptors (Lipinski definition) is 4. The minimum absolute atomic E-state index is 0.155. The first-order chi connectivity index (χ1) is 8.01. The van der Waals surface area contributed by atoms with E-state index in [2.05, 4.69) is 15.7 Å². The lowest BCUT2D eigenvalue weighted by atomic mass is 10.3. The summed E-state index contributed by atoms with van der Waals surface area (Å²) >= 11 is 0. The number of amides is 3. The number of aryl methyl sites for hydroxylation is 1. The molecule has 0 saturated carbocycles. The molecule has 1 aromatic rings. The van der Waals surface area contributed by atoms with Crippen molar-refractivity contribution in [3.8, 4) is 0 Å². The Kier molecular flexibility index (Phi) is 4.65. The van der Waals surface area contributed by atoms with E-state index in [9.17, 15) is 9.59 Å². The highest BCUT2D eigenvalue weighted by Crippen LogP contribution is 2.00. The summed E-state index contributed by atoms with van der Waals surface area (Å²) in [7, 11) is 5.10. The molecule has 0 aromatic carbocycles. The maximum atomic E-state index is 11.4. The quantitative estimate of drug-likeness (QED) is 0.728. The summed E-state index contributed by atoms with van der Waals surface area (Å²) in [6.07, 6.45) is 3.63. The van der Waals surface area contributed by atoms with E-state index in [0.717, 1.165) is 5.56 Å². The molecule has 7 heteroatoms. The molecule has 0 atom stereocenters. The Morgan fingerprint density at radius 1 is 1.53 bits per heavy atom. The molecule has 17 heavy (non-hydrogen) atoms. The van der Waals surface area contributed by atoms with Crippen LogP contribution in [-0.2, 0) is 18.4 Å². The molecule has 0 spiro atoms. The molecule has 0 aliphatic rings. The Labute approximate surface area is 99.8 Å². The van der Waals surface area contributed by atoms with Crippen LogP contribution < -0.4 is 10.6 Å². The van der Waals surface area contributed by atoms with Gasteiger partial charge in [-0.1, -0.05) is 0 Å². The summed E-state index contributed by atoms with van der Waals surface area (Å²) in [5, 5.41) is 8.56. The van der Waals surface area contributed by atoms with E-state index < -0.39 is 6.03 Å². The van der Waals surface area contributed by atoms with Gasteiger partial charge in [-0.2, -0.15) is 5.10 Å². The number of nitrogens with zero attached hydrogens (tertiary/aromatic N) is 3. The fraction of sp³-hybridized carbons (Fsp3) is 0.500. The van der Waals surface area contributed by atoms with Gasteiger partial charge in [0.1, 0.15) is 0 Å². The van der Waals surface area contributed by atoms with Crippen LogP contribution in [0.4, 0.5) is 4.79 Å². The summed E-state index contributed by atoms with van der Waals surface area (Å²) < 4.78 is 1.70. The number of carbonyl (C=O) groups is 2. The van der Waals surface area contributed by atoms with Crippen LogP contribution in [0, 0.1) is 0 Å². The predicted molar refractivity (Wildman–Crippen MR) is 62.1 cm³/mol. The van der Waals surface area contributed by atoms with Crippen molar-refractivity contribution in [3.63, 3.8) is 0 Å². The molecule has 1 heterocycles. The molecule has 0 aliphatic heterocycles. The van der Waals surface area contributed by atoms with Crippen LogP contribution in [0.3, 0.4) is 0 Å². The second-order valence-electron chi connectivity index (χ2n) is 3.82. The topological polar surface area (TPSA) is 79.3 Å². The van der Waals surface area contributed by atoms with Crippen molar-refractivity contribution >= 4 is 11.9 Å². The van der Waals surface area contributed by atoms with Crippen LogP contribution in [-0.4, -0.2) is 47.3 Å². The van der Waals surface area contributed by atoms with Gasteiger partial charge >= 0.3 is 6.03 Å². The van der Waals surface area contributed by atoms with Crippen LogP contribution in [0.1, 0.15) is 5.56 Å². The summed E-state index contributed by atoms with van der Waals surface area (Å²) in [6, 6.07) is -0.496. The first kappa shape index (κ1) is 13.2. The zero-order valence-electron chi connectivity index (χ0n) is 10.2. The number of urea groups is 1. The Bertz CT molecular complexity index is 401. The molecule has 1 rings (SSSR count). The van der Waals surface area contributed by atoms with Gasteiger partial charge < -0.3 is 5.32 Å². The highest BCUT2D eigenvalue weighted by atomic mass is 16.2. The fourth-order valence-corrected chi connectivity index (χ4v) is 1.39. The number of hydrogen-bond donors (Lipinski definition) is 2. The van der Waals surface area contributed by atoms with Crippen molar-refractivity contribution in [2.75, 3.05) is 20.6 Å². The average molecular weight is 239 g/mol. The zero-order chi connectivity index (χ0) is 12.8. The van der Waals surface area contributed by atoms with Crippen molar-refractivity contribution in [1.82, 2.24) is 25.3 Å². The summed E-state index contributed by atoms with van der Waals surface area (Å²) in [6.45, 7) is 0.761. The molecular weight excluding hydrogens is 222 g/mol. The second-order valence-corrected chi connectivity index (χ2v) is 3.82. The Morgan fingerprint density at radius 2 is 2.24 bits per heavy atom. The van der Waals surface area contributed by atoms with Crippen LogP contribution in [0.2, 0.25) is 0 Å². The molecule has 0 radical (unpaired) electrons. The first-order valence-electron chi connectivity index (χ1n) is 5.19. The molecule has 2 N–H and O–H groups in total. The van der Waals surface area contributed by atoms with Gasteiger partial charge in [0, 0.05) is 32.4 Å². The van der Waals surface area contributed by atoms with E-state index in [1.165, 1.54) is 7.05 Å². The van der Waals surface area contributed by atoms with Gasteiger partial charge in [-0.3, -0.25) is 19.7 Å². The highest BCUT2D eigenvalue weighted by molar-refractivity contribution is 5.95. The van der Waals surface area contributed by atoms with E-state index in [-0.39, 0.29) is 12.5 Å². The second kappa shape index (κ2) is 6.00. The average Bonchev–Trinajstić information content (AvgIpc) is 2.63. The number of carbonyl (C=O) groups excluding carboxylic acids is 2. The minimum Gasteiger partial charge on any atom is -0.341 e. The van der Waals surface area contributed by atoms with Crippen LogP contribution in [0.25, 0.3) is 0 Å². The van der Waals surface area contributed by atoms with E-state index >= 15 is 0 Å². The van der Waals surface area contributed by atoms with Gasteiger partial charge in [-0.05, 0) is 7.05 Å². The molecule has 0 bridgehead atoms. The standard InChI is InChI=1S/C10H17N5O2/c1-11-10(17)13-9(16)7-14(2)5-8-4-12-15(3)6-8/h4,6H,5,7H2,1-3H3,(H2,11,13,16,17). The van der Waals surface area contributed by atoms with Gasteiger partial charge in [0.05, 0.1) is 12.7 Å². The Morgan fingerprint density at radius 3 is 2.76 bits per heavy atom. The fourth-order valence-electron chi connectivity index (χ4n) is 1.39. The molecule has 0 unspecified atom stereocenters. The third kappa shape index (κ3) is 4.64. The van der Waals surface area contributed by atoms with E-state index in [1.807, 2.05) is 13.2 Å². The smallest absolute Gasteiger partial charge is 0.321 e. The van der Waals surface area contributed by atoms with Crippen molar-refractivity contribution in [1.29, 1.82) is 0 Å². The summed E-state index contributed by atoms with van der Waals surface area (Å²) in [4.78, 5) is 24.1. The third-order valence-corrected chi connectivity index (χ3v) is 2.10. The normalized spacial score (nSPS) is 10.4. The molecule has 0 fully saturated rings. The number of rotatable bonds is 4. The van der Waals surface area contributed by atoms with E-state index in [4.69, 9.17) is 0 Å². The number of nitrogens with one attached hydrogen (secondary N) is 2. The van der Waals surface area contributed by atoms with Crippen LogP contribution in [0.15, 0.2) is 12.4 Å². The number of imide groups is 1. The first-order valence-corrected chi connectivity index (χ1v) is 5.19. The van der Waals surface area contributed by atoms with Crippen molar-refractivity contribution in [2.45, 2.75) is 6.54 Å². The molecule has 94 valence electrons.